The highest BCUT2D eigenvalue weighted by molar-refractivity contribution is 9.10. The summed E-state index contributed by atoms with van der Waals surface area (Å²) in [5.41, 5.74) is 2.78. The van der Waals surface area contributed by atoms with E-state index >= 15 is 0 Å². The molecule has 7 heteroatoms. The van der Waals surface area contributed by atoms with Gasteiger partial charge in [0.05, 0.1) is 17.8 Å². The zero-order valence-corrected chi connectivity index (χ0v) is 16.0. The standard InChI is InChI=1S/C18H20BrN5O/c1-18(2,3)24-15-13(9-20-24)16(25)23-17(22-15)21-14-7-4-10-8-11(19)5-6-12(10)14/h5-6,8-9,14H,4,7H2,1-3H3,(H2,21,22,23,25). The van der Waals surface area contributed by atoms with Crippen LogP contribution in [0.15, 0.2) is 33.7 Å². The van der Waals surface area contributed by atoms with Gasteiger partial charge in [-0.25, -0.2) is 4.68 Å². The Labute approximate surface area is 153 Å². The molecule has 0 radical (unpaired) electrons. The molecule has 0 amide bonds. The average molecular weight is 402 g/mol. The molecule has 0 aliphatic heterocycles. The predicted molar refractivity (Wildman–Crippen MR) is 102 cm³/mol. The summed E-state index contributed by atoms with van der Waals surface area (Å²) in [6, 6.07) is 6.48. The second-order valence-electron chi connectivity index (χ2n) is 7.46. The van der Waals surface area contributed by atoms with Crippen LogP contribution in [0, 0.1) is 0 Å². The number of hydrogen-bond donors (Lipinski definition) is 2. The van der Waals surface area contributed by atoms with Gasteiger partial charge in [0.25, 0.3) is 5.56 Å². The maximum atomic E-state index is 12.4. The summed E-state index contributed by atoms with van der Waals surface area (Å²) >= 11 is 3.52. The van der Waals surface area contributed by atoms with Crippen molar-refractivity contribution in [3.63, 3.8) is 0 Å². The largest absolute Gasteiger partial charge is 0.349 e. The van der Waals surface area contributed by atoms with E-state index in [0.29, 0.717) is 17.0 Å². The summed E-state index contributed by atoms with van der Waals surface area (Å²) < 4.78 is 2.89. The van der Waals surface area contributed by atoms with E-state index < -0.39 is 0 Å². The molecule has 1 unspecified atom stereocenters. The van der Waals surface area contributed by atoms with E-state index in [1.165, 1.54) is 11.1 Å². The summed E-state index contributed by atoms with van der Waals surface area (Å²) in [6.07, 6.45) is 3.57. The van der Waals surface area contributed by atoms with E-state index in [2.05, 4.69) is 48.4 Å². The van der Waals surface area contributed by atoms with Crippen LogP contribution in [0.25, 0.3) is 11.0 Å². The molecule has 1 aromatic carbocycles. The number of anilines is 1. The minimum Gasteiger partial charge on any atom is -0.349 e. The summed E-state index contributed by atoms with van der Waals surface area (Å²) in [5.74, 6) is 0.490. The number of fused-ring (bicyclic) bond motifs is 2. The van der Waals surface area contributed by atoms with Crippen LogP contribution in [-0.4, -0.2) is 19.7 Å². The number of hydrogen-bond acceptors (Lipinski definition) is 4. The Kier molecular flexibility index (Phi) is 3.72. The van der Waals surface area contributed by atoms with Gasteiger partial charge in [0.1, 0.15) is 5.39 Å². The van der Waals surface area contributed by atoms with Crippen LogP contribution < -0.4 is 10.9 Å². The monoisotopic (exact) mass is 401 g/mol. The first-order valence-corrected chi connectivity index (χ1v) is 9.15. The van der Waals surface area contributed by atoms with E-state index in [9.17, 15) is 4.79 Å². The molecule has 0 bridgehead atoms. The van der Waals surface area contributed by atoms with E-state index in [1.54, 1.807) is 10.9 Å². The van der Waals surface area contributed by atoms with Crippen molar-refractivity contribution in [2.45, 2.75) is 45.2 Å². The van der Waals surface area contributed by atoms with Gasteiger partial charge in [0.2, 0.25) is 5.95 Å². The number of aromatic nitrogens is 4. The molecule has 2 heterocycles. The van der Waals surface area contributed by atoms with E-state index in [4.69, 9.17) is 0 Å². The van der Waals surface area contributed by atoms with Crippen molar-refractivity contribution in [3.05, 3.63) is 50.3 Å². The van der Waals surface area contributed by atoms with Crippen LogP contribution in [0.3, 0.4) is 0 Å². The Morgan fingerprint density at radius 3 is 2.92 bits per heavy atom. The molecule has 0 spiro atoms. The van der Waals surface area contributed by atoms with Gasteiger partial charge in [0, 0.05) is 4.47 Å². The van der Waals surface area contributed by atoms with Crippen LogP contribution in [0.4, 0.5) is 5.95 Å². The number of H-pyrrole nitrogens is 1. The average Bonchev–Trinajstić information content (AvgIpc) is 3.11. The van der Waals surface area contributed by atoms with Crippen molar-refractivity contribution in [2.75, 3.05) is 5.32 Å². The van der Waals surface area contributed by atoms with Crippen molar-refractivity contribution in [3.8, 4) is 0 Å². The van der Waals surface area contributed by atoms with Gasteiger partial charge in [-0.1, -0.05) is 22.0 Å². The maximum Gasteiger partial charge on any atom is 0.263 e. The summed E-state index contributed by atoms with van der Waals surface area (Å²) in [6.45, 7) is 6.13. The Hall–Kier alpha value is -2.15. The van der Waals surface area contributed by atoms with Gasteiger partial charge in [-0.15, -0.1) is 0 Å². The van der Waals surface area contributed by atoms with Crippen molar-refractivity contribution in [1.82, 2.24) is 19.7 Å². The topological polar surface area (TPSA) is 75.6 Å². The van der Waals surface area contributed by atoms with Gasteiger partial charge in [0.15, 0.2) is 5.65 Å². The molecule has 1 aliphatic rings. The van der Waals surface area contributed by atoms with Crippen LogP contribution in [-0.2, 0) is 12.0 Å². The highest BCUT2D eigenvalue weighted by Crippen LogP contribution is 2.34. The minimum atomic E-state index is -0.244. The van der Waals surface area contributed by atoms with E-state index in [0.717, 1.165) is 17.3 Å². The van der Waals surface area contributed by atoms with Gasteiger partial charge in [-0.2, -0.15) is 10.1 Å². The zero-order valence-electron chi connectivity index (χ0n) is 14.4. The molecule has 1 aliphatic carbocycles. The Morgan fingerprint density at radius 2 is 2.16 bits per heavy atom. The summed E-state index contributed by atoms with van der Waals surface area (Å²) in [4.78, 5) is 19.9. The molecule has 0 saturated carbocycles. The molecule has 2 aromatic heterocycles. The lowest BCUT2D eigenvalue weighted by molar-refractivity contribution is 0.366. The Morgan fingerprint density at radius 1 is 1.36 bits per heavy atom. The number of halogens is 1. The fourth-order valence-corrected chi connectivity index (χ4v) is 3.79. The van der Waals surface area contributed by atoms with Crippen LogP contribution in [0.5, 0.6) is 0 Å². The maximum absolute atomic E-state index is 12.4. The molecule has 2 N–H and O–H groups in total. The molecule has 6 nitrogen and oxygen atoms in total. The summed E-state index contributed by atoms with van der Waals surface area (Å²) in [5, 5.41) is 8.25. The highest BCUT2D eigenvalue weighted by Gasteiger charge is 2.24. The number of aromatic amines is 1. The smallest absolute Gasteiger partial charge is 0.263 e. The highest BCUT2D eigenvalue weighted by atomic mass is 79.9. The van der Waals surface area contributed by atoms with Crippen molar-refractivity contribution < 1.29 is 0 Å². The second kappa shape index (κ2) is 5.69. The third-order valence-corrected chi connectivity index (χ3v) is 5.06. The lowest BCUT2D eigenvalue weighted by atomic mass is 10.1. The molecular weight excluding hydrogens is 382 g/mol. The molecule has 4 rings (SSSR count). The molecule has 0 saturated heterocycles. The van der Waals surface area contributed by atoms with Gasteiger partial charge >= 0.3 is 0 Å². The lowest BCUT2D eigenvalue weighted by Crippen LogP contribution is -2.24. The quantitative estimate of drug-likeness (QED) is 0.685. The minimum absolute atomic E-state index is 0.148. The number of aryl methyl sites for hydroxylation is 1. The molecule has 1 atom stereocenters. The Bertz CT molecular complexity index is 1010. The first-order valence-electron chi connectivity index (χ1n) is 8.36. The lowest BCUT2D eigenvalue weighted by Gasteiger charge is -2.20. The predicted octanol–water partition coefficient (Wildman–Crippen LogP) is 3.74. The number of nitrogens with zero attached hydrogens (tertiary/aromatic N) is 3. The Balaban J connectivity index is 1.73. The first kappa shape index (κ1) is 16.3. The third-order valence-electron chi connectivity index (χ3n) is 4.57. The van der Waals surface area contributed by atoms with Crippen LogP contribution in [0.1, 0.15) is 44.4 Å². The van der Waals surface area contributed by atoms with Crippen molar-refractivity contribution >= 4 is 32.9 Å². The number of benzene rings is 1. The fourth-order valence-electron chi connectivity index (χ4n) is 3.38. The van der Waals surface area contributed by atoms with Gasteiger partial charge in [-0.05, 0) is 56.9 Å². The van der Waals surface area contributed by atoms with Crippen molar-refractivity contribution in [2.24, 2.45) is 0 Å². The SMILES string of the molecule is CC(C)(C)n1ncc2c(=O)[nH]c(NC3CCc4cc(Br)ccc43)nc21. The molecule has 25 heavy (non-hydrogen) atoms. The number of rotatable bonds is 2. The van der Waals surface area contributed by atoms with Crippen LogP contribution in [0.2, 0.25) is 0 Å². The summed E-state index contributed by atoms with van der Waals surface area (Å²) in [7, 11) is 0. The fraction of sp³-hybridized carbons (Fsp3) is 0.389. The molecular formula is C18H20BrN5O. The van der Waals surface area contributed by atoms with Gasteiger partial charge in [-0.3, -0.25) is 9.78 Å². The van der Waals surface area contributed by atoms with Gasteiger partial charge < -0.3 is 5.32 Å². The molecule has 3 aromatic rings. The molecule has 0 fully saturated rings. The second-order valence-corrected chi connectivity index (χ2v) is 8.37. The van der Waals surface area contributed by atoms with E-state index in [1.807, 2.05) is 26.8 Å². The zero-order chi connectivity index (χ0) is 17.8. The first-order chi connectivity index (χ1) is 11.8. The van der Waals surface area contributed by atoms with Crippen LogP contribution >= 0.6 is 15.9 Å². The van der Waals surface area contributed by atoms with E-state index in [-0.39, 0.29) is 17.1 Å². The third kappa shape index (κ3) is 2.86. The van der Waals surface area contributed by atoms with Crippen molar-refractivity contribution in [1.29, 1.82) is 0 Å². The normalized spacial score (nSPS) is 17.0. The number of nitrogens with one attached hydrogen (secondary N) is 2. The molecule has 130 valence electrons.